The Hall–Kier alpha value is -2.80. The highest BCUT2D eigenvalue weighted by molar-refractivity contribution is 8.18. The molecule has 26 heavy (non-hydrogen) atoms. The van der Waals surface area contributed by atoms with Crippen molar-refractivity contribution in [2.75, 3.05) is 11.9 Å². The number of nitrogens with zero attached hydrogens (tertiary/aromatic N) is 1. The summed E-state index contributed by atoms with van der Waals surface area (Å²) in [6, 6.07) is 9.06. The van der Waals surface area contributed by atoms with Crippen LogP contribution in [-0.4, -0.2) is 28.5 Å². The van der Waals surface area contributed by atoms with E-state index in [1.165, 1.54) is 6.08 Å². The molecule has 0 unspecified atom stereocenters. The lowest BCUT2D eigenvalue weighted by molar-refractivity contribution is -0.127. The molecule has 3 amide bonds. The Balaban J connectivity index is 1.70. The summed E-state index contributed by atoms with van der Waals surface area (Å²) in [5.41, 5.74) is 2.66. The van der Waals surface area contributed by atoms with E-state index < -0.39 is 17.1 Å². The number of benzene rings is 1. The Morgan fingerprint density at radius 3 is 2.65 bits per heavy atom. The smallest absolute Gasteiger partial charge is 0.294 e. The van der Waals surface area contributed by atoms with Crippen molar-refractivity contribution in [1.82, 2.24) is 4.90 Å². The summed E-state index contributed by atoms with van der Waals surface area (Å²) in [4.78, 5) is 38.0. The van der Waals surface area contributed by atoms with Gasteiger partial charge in [-0.2, -0.15) is 0 Å². The van der Waals surface area contributed by atoms with Crippen molar-refractivity contribution >= 4 is 40.6 Å². The fraction of sp³-hybridized carbons (Fsp3) is 0.211. The van der Waals surface area contributed by atoms with Gasteiger partial charge in [0.15, 0.2) is 0 Å². The topological polar surface area (TPSA) is 79.6 Å². The quantitative estimate of drug-likeness (QED) is 0.826. The first-order chi connectivity index (χ1) is 12.3. The average molecular weight is 370 g/mol. The van der Waals surface area contributed by atoms with Crippen LogP contribution in [0.2, 0.25) is 0 Å². The molecule has 134 valence electrons. The maximum Gasteiger partial charge on any atom is 0.294 e. The van der Waals surface area contributed by atoms with Gasteiger partial charge in [-0.3, -0.25) is 19.3 Å². The van der Waals surface area contributed by atoms with Gasteiger partial charge in [0.05, 0.1) is 4.91 Å². The molecule has 1 aromatic carbocycles. The first-order valence-electron chi connectivity index (χ1n) is 8.03. The third-order valence-electron chi connectivity index (χ3n) is 4.09. The fourth-order valence-electron chi connectivity index (χ4n) is 2.52. The van der Waals surface area contributed by atoms with Crippen LogP contribution in [-0.2, 0) is 9.59 Å². The van der Waals surface area contributed by atoms with Crippen LogP contribution in [0.4, 0.5) is 10.5 Å². The molecular weight excluding hydrogens is 352 g/mol. The molecule has 1 fully saturated rings. The number of rotatable bonds is 4. The zero-order chi connectivity index (χ0) is 18.8. The molecule has 1 aliphatic rings. The number of nitrogens with one attached hydrogen (secondary N) is 1. The number of carbonyl (C=O) groups excluding carboxylic acids is 3. The van der Waals surface area contributed by atoms with Crippen molar-refractivity contribution in [1.29, 1.82) is 0 Å². The third kappa shape index (κ3) is 3.72. The molecule has 0 bridgehead atoms. The van der Waals surface area contributed by atoms with Gasteiger partial charge in [-0.25, -0.2) is 0 Å². The van der Waals surface area contributed by atoms with E-state index in [2.05, 4.69) is 5.32 Å². The number of carbonyl (C=O) groups is 3. The van der Waals surface area contributed by atoms with E-state index in [-0.39, 0.29) is 11.4 Å². The van der Waals surface area contributed by atoms with E-state index >= 15 is 0 Å². The second-order valence-electron chi connectivity index (χ2n) is 6.01. The zero-order valence-electron chi connectivity index (χ0n) is 14.7. The SMILES string of the molecule is Cc1ccc(/C=C2/SC(=O)N(CC(=O)Nc3cccc(C)c3C)C2=O)o1. The van der Waals surface area contributed by atoms with Gasteiger partial charge in [0.25, 0.3) is 11.1 Å². The number of amides is 3. The van der Waals surface area contributed by atoms with Crippen LogP contribution in [0.3, 0.4) is 0 Å². The fourth-order valence-corrected chi connectivity index (χ4v) is 3.33. The molecule has 2 heterocycles. The van der Waals surface area contributed by atoms with Crippen LogP contribution in [0.25, 0.3) is 6.08 Å². The van der Waals surface area contributed by atoms with Crippen LogP contribution in [0.1, 0.15) is 22.6 Å². The molecule has 1 aliphatic heterocycles. The predicted molar refractivity (Wildman–Crippen MR) is 101 cm³/mol. The van der Waals surface area contributed by atoms with Gasteiger partial charge >= 0.3 is 0 Å². The van der Waals surface area contributed by atoms with Crippen LogP contribution in [0.15, 0.2) is 39.7 Å². The number of thioether (sulfide) groups is 1. The molecule has 0 aliphatic carbocycles. The van der Waals surface area contributed by atoms with Crippen LogP contribution in [0, 0.1) is 20.8 Å². The molecule has 2 aromatic rings. The van der Waals surface area contributed by atoms with Gasteiger partial charge in [-0.05, 0) is 61.9 Å². The molecule has 0 atom stereocenters. The normalized spacial score (nSPS) is 15.8. The molecule has 7 heteroatoms. The number of anilines is 1. The minimum atomic E-state index is -0.495. The van der Waals surface area contributed by atoms with E-state index in [4.69, 9.17) is 4.42 Å². The van der Waals surface area contributed by atoms with Crippen LogP contribution in [0.5, 0.6) is 0 Å². The van der Waals surface area contributed by atoms with Gasteiger partial charge in [0.2, 0.25) is 5.91 Å². The van der Waals surface area contributed by atoms with E-state index in [0.29, 0.717) is 17.2 Å². The Bertz CT molecular complexity index is 929. The van der Waals surface area contributed by atoms with Crippen LogP contribution < -0.4 is 5.32 Å². The summed E-state index contributed by atoms with van der Waals surface area (Å²) in [5, 5.41) is 2.28. The maximum atomic E-state index is 12.4. The molecular formula is C19H18N2O4S. The lowest BCUT2D eigenvalue weighted by Gasteiger charge is -2.14. The summed E-state index contributed by atoms with van der Waals surface area (Å²) in [5.74, 6) is 0.289. The van der Waals surface area contributed by atoms with E-state index in [9.17, 15) is 14.4 Å². The highest BCUT2D eigenvalue weighted by Crippen LogP contribution is 2.32. The molecule has 0 spiro atoms. The van der Waals surface area contributed by atoms with E-state index in [1.807, 2.05) is 26.0 Å². The Labute approximate surface area is 155 Å². The molecule has 1 aromatic heterocycles. The molecule has 1 N–H and O–H groups in total. The van der Waals surface area contributed by atoms with Gasteiger partial charge < -0.3 is 9.73 Å². The monoisotopic (exact) mass is 370 g/mol. The van der Waals surface area contributed by atoms with Crippen LogP contribution >= 0.6 is 11.8 Å². The second-order valence-corrected chi connectivity index (χ2v) is 7.01. The van der Waals surface area contributed by atoms with Crippen molar-refractivity contribution in [3.63, 3.8) is 0 Å². The molecule has 6 nitrogen and oxygen atoms in total. The standard InChI is InChI=1S/C19H18N2O4S/c1-11-5-4-6-15(13(11)3)20-17(22)10-21-18(23)16(26-19(21)24)9-14-8-7-12(2)25-14/h4-9H,10H2,1-3H3,(H,20,22)/b16-9+. The minimum Gasteiger partial charge on any atom is -0.462 e. The lowest BCUT2D eigenvalue weighted by Crippen LogP contribution is -2.36. The Morgan fingerprint density at radius 2 is 1.96 bits per heavy atom. The largest absolute Gasteiger partial charge is 0.462 e. The molecule has 0 radical (unpaired) electrons. The third-order valence-corrected chi connectivity index (χ3v) is 5.00. The summed E-state index contributed by atoms with van der Waals surface area (Å²) in [6.07, 6.45) is 1.51. The van der Waals surface area contributed by atoms with Crippen molar-refractivity contribution < 1.29 is 18.8 Å². The van der Waals surface area contributed by atoms with Crippen molar-refractivity contribution in [3.8, 4) is 0 Å². The lowest BCUT2D eigenvalue weighted by atomic mass is 10.1. The number of aryl methyl sites for hydroxylation is 2. The number of furan rings is 1. The average Bonchev–Trinajstić information content (AvgIpc) is 3.10. The molecule has 0 saturated carbocycles. The number of hydrogen-bond donors (Lipinski definition) is 1. The zero-order valence-corrected chi connectivity index (χ0v) is 15.5. The predicted octanol–water partition coefficient (Wildman–Crippen LogP) is 3.88. The summed E-state index contributed by atoms with van der Waals surface area (Å²) in [6.45, 7) is 5.31. The minimum absolute atomic E-state index is 0.240. The highest BCUT2D eigenvalue weighted by Gasteiger charge is 2.36. The second kappa shape index (κ2) is 7.21. The first-order valence-corrected chi connectivity index (χ1v) is 8.84. The van der Waals surface area contributed by atoms with Gasteiger partial charge in [0.1, 0.15) is 18.1 Å². The number of hydrogen-bond acceptors (Lipinski definition) is 5. The van der Waals surface area contributed by atoms with E-state index in [1.54, 1.807) is 25.1 Å². The Morgan fingerprint density at radius 1 is 1.19 bits per heavy atom. The van der Waals surface area contributed by atoms with Crippen molar-refractivity contribution in [3.05, 3.63) is 57.9 Å². The maximum absolute atomic E-state index is 12.4. The van der Waals surface area contributed by atoms with Crippen molar-refractivity contribution in [2.45, 2.75) is 20.8 Å². The first kappa shape index (κ1) is 18.0. The van der Waals surface area contributed by atoms with E-state index in [0.717, 1.165) is 27.8 Å². The summed E-state index contributed by atoms with van der Waals surface area (Å²) in [7, 11) is 0. The summed E-state index contributed by atoms with van der Waals surface area (Å²) < 4.78 is 5.40. The van der Waals surface area contributed by atoms with Gasteiger partial charge in [-0.1, -0.05) is 12.1 Å². The molecule has 3 rings (SSSR count). The highest BCUT2D eigenvalue weighted by atomic mass is 32.2. The molecule has 1 saturated heterocycles. The number of imide groups is 1. The van der Waals surface area contributed by atoms with Gasteiger partial charge in [0, 0.05) is 11.8 Å². The van der Waals surface area contributed by atoms with Gasteiger partial charge in [-0.15, -0.1) is 0 Å². The summed E-state index contributed by atoms with van der Waals surface area (Å²) >= 11 is 0.798. The van der Waals surface area contributed by atoms with Crippen molar-refractivity contribution in [2.24, 2.45) is 0 Å². The Kier molecular flexibility index (Phi) is 4.99.